The molecule has 1 heterocycles. The van der Waals surface area contributed by atoms with Gasteiger partial charge < -0.3 is 19.5 Å². The summed E-state index contributed by atoms with van der Waals surface area (Å²) in [5, 5.41) is 9.14. The summed E-state index contributed by atoms with van der Waals surface area (Å²) in [7, 11) is 1.53. The molecule has 0 radical (unpaired) electrons. The highest BCUT2D eigenvalue weighted by molar-refractivity contribution is 5.95. The molecule has 1 aliphatic rings. The first kappa shape index (κ1) is 17.1. The fraction of sp³-hybridized carbons (Fsp3) is 0.529. The maximum absolute atomic E-state index is 12.6. The van der Waals surface area contributed by atoms with Gasteiger partial charge in [-0.05, 0) is 44.9 Å². The van der Waals surface area contributed by atoms with Crippen LogP contribution in [0.1, 0.15) is 37.0 Å². The molecule has 1 atom stereocenters. The molecule has 1 N–H and O–H groups in total. The second kappa shape index (κ2) is 7.35. The highest BCUT2D eigenvalue weighted by Gasteiger charge is 2.29. The number of carboxylic acid groups (broad SMARTS) is 1. The van der Waals surface area contributed by atoms with E-state index in [1.807, 2.05) is 13.8 Å². The number of carboxylic acids is 1. The third-order valence-electron chi connectivity index (χ3n) is 3.83. The molecule has 0 aliphatic carbocycles. The van der Waals surface area contributed by atoms with Crippen LogP contribution in [0.2, 0.25) is 0 Å². The van der Waals surface area contributed by atoms with Gasteiger partial charge in [-0.25, -0.2) is 0 Å². The molecule has 1 saturated heterocycles. The van der Waals surface area contributed by atoms with E-state index in [0.29, 0.717) is 36.4 Å². The minimum Gasteiger partial charge on any atom is -0.493 e. The van der Waals surface area contributed by atoms with Crippen molar-refractivity contribution in [2.45, 2.75) is 32.8 Å². The van der Waals surface area contributed by atoms with Gasteiger partial charge in [0.1, 0.15) is 0 Å². The van der Waals surface area contributed by atoms with Gasteiger partial charge >= 0.3 is 5.97 Å². The van der Waals surface area contributed by atoms with E-state index in [2.05, 4.69) is 0 Å². The smallest absolute Gasteiger partial charge is 0.308 e. The molecule has 1 aliphatic heterocycles. The largest absolute Gasteiger partial charge is 0.493 e. The lowest BCUT2D eigenvalue weighted by atomic mass is 9.97. The lowest BCUT2D eigenvalue weighted by Gasteiger charge is -2.30. The molecule has 6 nitrogen and oxygen atoms in total. The summed E-state index contributed by atoms with van der Waals surface area (Å²) < 4.78 is 10.9. The molecule has 1 aromatic carbocycles. The average molecular weight is 321 g/mol. The zero-order valence-corrected chi connectivity index (χ0v) is 13.7. The number of benzene rings is 1. The molecule has 23 heavy (non-hydrogen) atoms. The average Bonchev–Trinajstić information content (AvgIpc) is 2.54. The van der Waals surface area contributed by atoms with E-state index in [4.69, 9.17) is 14.6 Å². The maximum atomic E-state index is 12.6. The number of aliphatic carboxylic acids is 1. The van der Waals surface area contributed by atoms with Gasteiger partial charge in [0.15, 0.2) is 11.5 Å². The zero-order valence-electron chi connectivity index (χ0n) is 13.7. The molecule has 126 valence electrons. The van der Waals surface area contributed by atoms with Crippen LogP contribution < -0.4 is 9.47 Å². The summed E-state index contributed by atoms with van der Waals surface area (Å²) in [5.74, 6) is -0.429. The van der Waals surface area contributed by atoms with Gasteiger partial charge in [-0.15, -0.1) is 0 Å². The van der Waals surface area contributed by atoms with Gasteiger partial charge in [0, 0.05) is 18.7 Å². The molecular weight excluding hydrogens is 298 g/mol. The predicted molar refractivity (Wildman–Crippen MR) is 85.0 cm³/mol. The Kier molecular flexibility index (Phi) is 5.47. The van der Waals surface area contributed by atoms with E-state index in [1.165, 1.54) is 7.11 Å². The number of nitrogens with zero attached hydrogens (tertiary/aromatic N) is 1. The minimum atomic E-state index is -0.847. The van der Waals surface area contributed by atoms with Crippen molar-refractivity contribution < 1.29 is 24.2 Å². The van der Waals surface area contributed by atoms with E-state index in [9.17, 15) is 9.59 Å². The molecule has 1 unspecified atom stereocenters. The number of piperidine rings is 1. The van der Waals surface area contributed by atoms with Crippen LogP contribution in [-0.4, -0.2) is 48.2 Å². The molecule has 0 spiro atoms. The van der Waals surface area contributed by atoms with Crippen molar-refractivity contribution in [1.82, 2.24) is 4.90 Å². The number of carbonyl (C=O) groups excluding carboxylic acids is 1. The Morgan fingerprint density at radius 3 is 2.65 bits per heavy atom. The van der Waals surface area contributed by atoms with Gasteiger partial charge in [-0.1, -0.05) is 0 Å². The Morgan fingerprint density at radius 2 is 2.04 bits per heavy atom. The first-order chi connectivity index (χ1) is 10.9. The standard InChI is InChI=1S/C17H23NO5/c1-11(2)23-14-7-6-12(9-15(14)22-3)16(19)18-8-4-5-13(10-18)17(20)21/h6-7,9,11,13H,4-5,8,10H2,1-3H3,(H,20,21). The Hall–Kier alpha value is -2.24. The highest BCUT2D eigenvalue weighted by atomic mass is 16.5. The van der Waals surface area contributed by atoms with Crippen molar-refractivity contribution in [3.05, 3.63) is 23.8 Å². The Bertz CT molecular complexity index is 584. The third kappa shape index (κ3) is 4.15. The predicted octanol–water partition coefficient (Wildman–Crippen LogP) is 2.42. The van der Waals surface area contributed by atoms with Crippen molar-refractivity contribution in [2.24, 2.45) is 5.92 Å². The van der Waals surface area contributed by atoms with Crippen LogP contribution in [0.4, 0.5) is 0 Å². The number of ether oxygens (including phenoxy) is 2. The Labute approximate surface area is 136 Å². The number of hydrogen-bond acceptors (Lipinski definition) is 4. The molecule has 1 fully saturated rings. The van der Waals surface area contributed by atoms with Crippen LogP contribution in [0.25, 0.3) is 0 Å². The molecule has 0 aromatic heterocycles. The van der Waals surface area contributed by atoms with Crippen LogP contribution in [0.5, 0.6) is 11.5 Å². The van der Waals surface area contributed by atoms with Gasteiger partial charge in [0.05, 0.1) is 19.1 Å². The highest BCUT2D eigenvalue weighted by Crippen LogP contribution is 2.30. The second-order valence-electron chi connectivity index (χ2n) is 5.96. The molecule has 6 heteroatoms. The zero-order chi connectivity index (χ0) is 17.0. The Balaban J connectivity index is 2.17. The van der Waals surface area contributed by atoms with Gasteiger partial charge in [-0.3, -0.25) is 9.59 Å². The van der Waals surface area contributed by atoms with Crippen molar-refractivity contribution in [1.29, 1.82) is 0 Å². The molecule has 0 bridgehead atoms. The molecule has 2 rings (SSSR count). The molecule has 1 amide bonds. The summed E-state index contributed by atoms with van der Waals surface area (Å²) in [6.45, 7) is 4.66. The second-order valence-corrected chi connectivity index (χ2v) is 5.96. The van der Waals surface area contributed by atoms with Crippen LogP contribution in [0.15, 0.2) is 18.2 Å². The van der Waals surface area contributed by atoms with E-state index in [-0.39, 0.29) is 18.6 Å². The number of likely N-dealkylation sites (tertiary alicyclic amines) is 1. The maximum Gasteiger partial charge on any atom is 0.308 e. The van der Waals surface area contributed by atoms with E-state index >= 15 is 0 Å². The van der Waals surface area contributed by atoms with Gasteiger partial charge in [0.2, 0.25) is 0 Å². The first-order valence-electron chi connectivity index (χ1n) is 7.79. The van der Waals surface area contributed by atoms with Crippen LogP contribution in [-0.2, 0) is 4.79 Å². The van der Waals surface area contributed by atoms with Gasteiger partial charge in [-0.2, -0.15) is 0 Å². The lowest BCUT2D eigenvalue weighted by Crippen LogP contribution is -2.42. The van der Waals surface area contributed by atoms with Crippen molar-refractivity contribution in [3.8, 4) is 11.5 Å². The molecule has 0 saturated carbocycles. The van der Waals surface area contributed by atoms with E-state index in [1.54, 1.807) is 23.1 Å². The monoisotopic (exact) mass is 321 g/mol. The number of rotatable bonds is 5. The summed E-state index contributed by atoms with van der Waals surface area (Å²) >= 11 is 0. The Morgan fingerprint density at radius 1 is 1.30 bits per heavy atom. The van der Waals surface area contributed by atoms with Crippen LogP contribution in [0, 0.1) is 5.92 Å². The topological polar surface area (TPSA) is 76.1 Å². The van der Waals surface area contributed by atoms with Crippen molar-refractivity contribution in [2.75, 3.05) is 20.2 Å². The number of methoxy groups -OCH3 is 1. The normalized spacial score (nSPS) is 17.9. The number of amides is 1. The lowest BCUT2D eigenvalue weighted by molar-refractivity contribution is -0.143. The minimum absolute atomic E-state index is 0.00358. The van der Waals surface area contributed by atoms with E-state index in [0.717, 1.165) is 0 Å². The van der Waals surface area contributed by atoms with Crippen LogP contribution in [0.3, 0.4) is 0 Å². The molecular formula is C17H23NO5. The number of carbonyl (C=O) groups is 2. The fourth-order valence-corrected chi connectivity index (χ4v) is 2.70. The van der Waals surface area contributed by atoms with Crippen LogP contribution >= 0.6 is 0 Å². The third-order valence-corrected chi connectivity index (χ3v) is 3.83. The van der Waals surface area contributed by atoms with Gasteiger partial charge in [0.25, 0.3) is 5.91 Å². The molecule has 1 aromatic rings. The van der Waals surface area contributed by atoms with Crippen molar-refractivity contribution in [3.63, 3.8) is 0 Å². The first-order valence-corrected chi connectivity index (χ1v) is 7.79. The van der Waals surface area contributed by atoms with E-state index < -0.39 is 11.9 Å². The SMILES string of the molecule is COc1cc(C(=O)N2CCCC(C(=O)O)C2)ccc1OC(C)C. The summed E-state index contributed by atoms with van der Waals surface area (Å²) in [4.78, 5) is 25.3. The fourth-order valence-electron chi connectivity index (χ4n) is 2.70. The summed E-state index contributed by atoms with van der Waals surface area (Å²) in [5.41, 5.74) is 0.476. The summed E-state index contributed by atoms with van der Waals surface area (Å²) in [6, 6.07) is 5.04. The number of hydrogen-bond donors (Lipinski definition) is 1. The summed E-state index contributed by atoms with van der Waals surface area (Å²) in [6.07, 6.45) is 1.32. The van der Waals surface area contributed by atoms with Crippen molar-refractivity contribution >= 4 is 11.9 Å². The quantitative estimate of drug-likeness (QED) is 0.901.